The van der Waals surface area contributed by atoms with E-state index in [1.54, 1.807) is 0 Å². The molecule has 0 aromatic carbocycles. The number of nitrogens with two attached hydrogens (primary N) is 1. The zero-order valence-corrected chi connectivity index (χ0v) is 9.63. The van der Waals surface area contributed by atoms with E-state index in [0.717, 1.165) is 0 Å². The lowest BCUT2D eigenvalue weighted by molar-refractivity contribution is 0.938. The fourth-order valence-corrected chi connectivity index (χ4v) is 1.55. The number of hydrogen-bond donors (Lipinski definition) is 1. The number of hydrogen-bond acceptors (Lipinski definition) is 5. The molecule has 0 unspecified atom stereocenters. The van der Waals surface area contributed by atoms with Crippen molar-refractivity contribution in [3.05, 3.63) is 16.1 Å². The third kappa shape index (κ3) is 2.66. The Labute approximate surface area is 103 Å². The monoisotopic (exact) mass is 255 g/mol. The Kier molecular flexibility index (Phi) is 4.19. The number of halogens is 2. The zero-order chi connectivity index (χ0) is 12.1. The normalized spacial score (nSPS) is 9.25. The second-order valence-corrected chi connectivity index (χ2v) is 3.65. The van der Waals surface area contributed by atoms with Gasteiger partial charge in [0.2, 0.25) is 0 Å². The molecular weight excluding hydrogens is 249 g/mol. The number of aromatic nitrogens is 1. The van der Waals surface area contributed by atoms with Crippen LogP contribution in [0.15, 0.2) is 6.07 Å². The zero-order valence-electron chi connectivity index (χ0n) is 8.11. The van der Waals surface area contributed by atoms with Gasteiger partial charge >= 0.3 is 0 Å². The number of nitrogen functional groups attached to an aromatic ring is 1. The second-order valence-electron chi connectivity index (χ2n) is 2.83. The first-order chi connectivity index (χ1) is 7.60. The van der Waals surface area contributed by atoms with Crippen LogP contribution in [0.25, 0.3) is 0 Å². The van der Waals surface area contributed by atoms with Crippen LogP contribution in [0.4, 0.5) is 11.6 Å². The summed E-state index contributed by atoms with van der Waals surface area (Å²) in [5.41, 5.74) is 5.53. The lowest BCUT2D eigenvalue weighted by Crippen LogP contribution is -2.25. The summed E-state index contributed by atoms with van der Waals surface area (Å²) in [6, 6.07) is 5.26. The Morgan fingerprint density at radius 3 is 2.31 bits per heavy atom. The number of anilines is 2. The SMILES string of the molecule is N#CCN(CC#N)c1nc(N)c(Cl)cc1Cl. The molecular formula is C9H7Cl2N5. The minimum atomic E-state index is 0.00134. The van der Waals surface area contributed by atoms with Crippen LogP contribution in [0.3, 0.4) is 0 Å². The summed E-state index contributed by atoms with van der Waals surface area (Å²) < 4.78 is 0. The van der Waals surface area contributed by atoms with E-state index >= 15 is 0 Å². The van der Waals surface area contributed by atoms with Crippen molar-refractivity contribution in [1.82, 2.24) is 4.98 Å². The molecule has 0 saturated carbocycles. The molecule has 0 radical (unpaired) electrons. The Hall–Kier alpha value is -1.69. The highest BCUT2D eigenvalue weighted by Gasteiger charge is 2.14. The van der Waals surface area contributed by atoms with E-state index in [-0.39, 0.29) is 34.8 Å². The largest absolute Gasteiger partial charge is 0.382 e. The van der Waals surface area contributed by atoms with Gasteiger partial charge in [-0.2, -0.15) is 10.5 Å². The van der Waals surface area contributed by atoms with Gasteiger partial charge in [0.15, 0.2) is 5.82 Å². The number of rotatable bonds is 3. The lowest BCUT2D eigenvalue weighted by Gasteiger charge is -2.18. The number of nitrogens with zero attached hydrogens (tertiary/aromatic N) is 4. The van der Waals surface area contributed by atoms with Crippen molar-refractivity contribution in [2.75, 3.05) is 23.7 Å². The molecule has 0 aliphatic rings. The van der Waals surface area contributed by atoms with Gasteiger partial charge in [0.25, 0.3) is 0 Å². The first-order valence-electron chi connectivity index (χ1n) is 4.20. The first kappa shape index (κ1) is 12.4. The van der Waals surface area contributed by atoms with Gasteiger partial charge in [-0.25, -0.2) is 4.98 Å². The van der Waals surface area contributed by atoms with Gasteiger partial charge in [0, 0.05) is 0 Å². The van der Waals surface area contributed by atoms with Gasteiger partial charge in [0.1, 0.15) is 18.9 Å². The molecule has 1 heterocycles. The van der Waals surface area contributed by atoms with E-state index < -0.39 is 0 Å². The van der Waals surface area contributed by atoms with Gasteiger partial charge < -0.3 is 10.6 Å². The van der Waals surface area contributed by atoms with E-state index in [0.29, 0.717) is 0 Å². The molecule has 16 heavy (non-hydrogen) atoms. The first-order valence-corrected chi connectivity index (χ1v) is 4.96. The van der Waals surface area contributed by atoms with E-state index in [1.165, 1.54) is 11.0 Å². The minimum Gasteiger partial charge on any atom is -0.382 e. The molecule has 0 saturated heterocycles. The Morgan fingerprint density at radius 2 is 1.81 bits per heavy atom. The summed E-state index contributed by atoms with van der Waals surface area (Å²) >= 11 is 11.6. The molecule has 2 N–H and O–H groups in total. The van der Waals surface area contributed by atoms with Crippen LogP contribution in [-0.2, 0) is 0 Å². The molecule has 0 spiro atoms. The molecule has 0 bridgehead atoms. The standard InChI is InChI=1S/C9H7Cl2N5/c10-6-5-7(11)9(15-8(6)14)16(3-1-12)4-2-13/h5H,3-4H2,(H2,14,15). The van der Waals surface area contributed by atoms with E-state index in [1.807, 2.05) is 12.1 Å². The molecule has 0 fully saturated rings. The second kappa shape index (κ2) is 5.41. The summed E-state index contributed by atoms with van der Waals surface area (Å²) in [5.74, 6) is 0.397. The van der Waals surface area contributed by atoms with Gasteiger partial charge in [-0.1, -0.05) is 23.2 Å². The molecule has 0 aliphatic carbocycles. The molecule has 0 atom stereocenters. The molecule has 0 aliphatic heterocycles. The molecule has 5 nitrogen and oxygen atoms in total. The van der Waals surface area contributed by atoms with Crippen LogP contribution in [-0.4, -0.2) is 18.1 Å². The molecule has 1 rings (SSSR count). The summed E-state index contributed by atoms with van der Waals surface area (Å²) in [7, 11) is 0. The van der Waals surface area contributed by atoms with Gasteiger partial charge in [-0.3, -0.25) is 0 Å². The quantitative estimate of drug-likeness (QED) is 0.833. The van der Waals surface area contributed by atoms with Crippen LogP contribution >= 0.6 is 23.2 Å². The van der Waals surface area contributed by atoms with Crippen LogP contribution in [0.1, 0.15) is 0 Å². The molecule has 0 amide bonds. The minimum absolute atomic E-state index is 0.00134. The van der Waals surface area contributed by atoms with E-state index in [4.69, 9.17) is 39.5 Å². The van der Waals surface area contributed by atoms with Crippen molar-refractivity contribution in [2.24, 2.45) is 0 Å². The van der Waals surface area contributed by atoms with Crippen molar-refractivity contribution in [1.29, 1.82) is 10.5 Å². The van der Waals surface area contributed by atoms with Crippen molar-refractivity contribution in [2.45, 2.75) is 0 Å². The Morgan fingerprint density at radius 1 is 1.25 bits per heavy atom. The van der Waals surface area contributed by atoms with Gasteiger partial charge in [0.05, 0.1) is 22.2 Å². The fourth-order valence-electron chi connectivity index (χ4n) is 1.07. The van der Waals surface area contributed by atoms with Crippen LogP contribution in [0.2, 0.25) is 10.0 Å². The maximum Gasteiger partial charge on any atom is 0.151 e. The van der Waals surface area contributed by atoms with Gasteiger partial charge in [-0.05, 0) is 6.07 Å². The van der Waals surface area contributed by atoms with E-state index in [9.17, 15) is 0 Å². The Balaban J connectivity index is 3.15. The van der Waals surface area contributed by atoms with Crippen molar-refractivity contribution < 1.29 is 0 Å². The summed E-state index contributed by atoms with van der Waals surface area (Å²) in [4.78, 5) is 5.36. The summed E-state index contributed by atoms with van der Waals surface area (Å²) in [5, 5.41) is 17.7. The molecule has 1 aromatic rings. The Bertz CT molecular complexity index is 458. The molecule has 1 aromatic heterocycles. The summed E-state index contributed by atoms with van der Waals surface area (Å²) in [6.45, 7) is 0.00268. The van der Waals surface area contributed by atoms with E-state index in [2.05, 4.69) is 4.98 Å². The van der Waals surface area contributed by atoms with Crippen molar-refractivity contribution >= 4 is 34.8 Å². The average Bonchev–Trinajstić information content (AvgIpc) is 2.23. The predicted octanol–water partition coefficient (Wildman–Crippen LogP) is 1.82. The third-order valence-corrected chi connectivity index (χ3v) is 2.34. The fraction of sp³-hybridized carbons (Fsp3) is 0.222. The topological polar surface area (TPSA) is 89.7 Å². The molecule has 82 valence electrons. The lowest BCUT2D eigenvalue weighted by atomic mass is 10.4. The maximum atomic E-state index is 8.61. The highest BCUT2D eigenvalue weighted by molar-refractivity contribution is 6.37. The summed E-state index contributed by atoms with van der Waals surface area (Å²) in [6.07, 6.45) is 0. The van der Waals surface area contributed by atoms with Crippen LogP contribution in [0, 0.1) is 22.7 Å². The highest BCUT2D eigenvalue weighted by atomic mass is 35.5. The van der Waals surface area contributed by atoms with Crippen LogP contribution in [0.5, 0.6) is 0 Å². The average molecular weight is 256 g/mol. The number of pyridine rings is 1. The third-order valence-electron chi connectivity index (χ3n) is 1.76. The van der Waals surface area contributed by atoms with Crippen molar-refractivity contribution in [3.63, 3.8) is 0 Å². The van der Waals surface area contributed by atoms with Crippen molar-refractivity contribution in [3.8, 4) is 12.1 Å². The predicted molar refractivity (Wildman–Crippen MR) is 62.1 cm³/mol. The number of nitriles is 2. The van der Waals surface area contributed by atoms with Gasteiger partial charge in [-0.15, -0.1) is 0 Å². The maximum absolute atomic E-state index is 8.61. The van der Waals surface area contributed by atoms with Crippen LogP contribution < -0.4 is 10.6 Å². The smallest absolute Gasteiger partial charge is 0.151 e. The molecule has 7 heteroatoms. The highest BCUT2D eigenvalue weighted by Crippen LogP contribution is 2.29.